The first-order valence-corrected chi connectivity index (χ1v) is 11.5. The number of hydrogen-bond acceptors (Lipinski definition) is 4. The van der Waals surface area contributed by atoms with E-state index in [4.69, 9.17) is 4.74 Å². The van der Waals surface area contributed by atoms with E-state index in [1.54, 1.807) is 7.11 Å². The van der Waals surface area contributed by atoms with Crippen LogP contribution >= 0.6 is 11.8 Å². The summed E-state index contributed by atoms with van der Waals surface area (Å²) in [7, 11) is 1.63. The summed E-state index contributed by atoms with van der Waals surface area (Å²) < 4.78 is 5.19. The van der Waals surface area contributed by atoms with Gasteiger partial charge in [-0.2, -0.15) is 0 Å². The number of unbranched alkanes of at least 4 members (excludes halogenated alkanes) is 3. The molecule has 0 unspecified atom stereocenters. The normalized spacial score (nSPS) is 18.5. The van der Waals surface area contributed by atoms with Crippen LogP contribution in [0.2, 0.25) is 0 Å². The van der Waals surface area contributed by atoms with Crippen molar-refractivity contribution < 1.29 is 14.3 Å². The molecule has 0 bridgehead atoms. The van der Waals surface area contributed by atoms with Gasteiger partial charge in [-0.15, -0.1) is 11.8 Å². The minimum atomic E-state index is -0.157. The molecule has 0 aliphatic carbocycles. The molecular formula is C22H32N2O3S. The van der Waals surface area contributed by atoms with Crippen molar-refractivity contribution in [2.45, 2.75) is 56.7 Å². The van der Waals surface area contributed by atoms with Crippen LogP contribution in [0.15, 0.2) is 24.3 Å². The molecule has 1 aromatic rings. The van der Waals surface area contributed by atoms with Gasteiger partial charge in [-0.05, 0) is 43.5 Å². The molecule has 28 heavy (non-hydrogen) atoms. The van der Waals surface area contributed by atoms with Crippen LogP contribution in [0, 0.1) is 0 Å². The van der Waals surface area contributed by atoms with Crippen molar-refractivity contribution in [3.63, 3.8) is 0 Å². The van der Waals surface area contributed by atoms with Crippen molar-refractivity contribution in [3.05, 3.63) is 29.8 Å². The fourth-order valence-electron chi connectivity index (χ4n) is 4.17. The van der Waals surface area contributed by atoms with Gasteiger partial charge in [0, 0.05) is 37.4 Å². The van der Waals surface area contributed by atoms with Gasteiger partial charge in [-0.25, -0.2) is 0 Å². The number of piperidine rings is 1. The molecule has 0 aromatic heterocycles. The Bertz CT molecular complexity index is 669. The molecule has 154 valence electrons. The molecule has 2 aliphatic rings. The lowest BCUT2D eigenvalue weighted by molar-refractivity contribution is -0.132. The van der Waals surface area contributed by atoms with Gasteiger partial charge < -0.3 is 14.5 Å². The maximum Gasteiger partial charge on any atom is 0.255 e. The van der Waals surface area contributed by atoms with Crippen LogP contribution in [-0.2, 0) is 4.79 Å². The molecule has 1 aromatic carbocycles. The molecule has 0 saturated carbocycles. The maximum absolute atomic E-state index is 13.1. The predicted octanol–water partition coefficient (Wildman–Crippen LogP) is 4.17. The number of benzene rings is 1. The summed E-state index contributed by atoms with van der Waals surface area (Å²) in [4.78, 5) is 29.5. The zero-order valence-electron chi connectivity index (χ0n) is 17.1. The van der Waals surface area contributed by atoms with E-state index in [0.29, 0.717) is 12.0 Å². The third-order valence-corrected chi connectivity index (χ3v) is 7.45. The zero-order valence-corrected chi connectivity index (χ0v) is 17.9. The number of methoxy groups -OCH3 is 1. The van der Waals surface area contributed by atoms with Gasteiger partial charge in [0.25, 0.3) is 5.91 Å². The van der Waals surface area contributed by atoms with E-state index in [2.05, 4.69) is 6.92 Å². The van der Waals surface area contributed by atoms with E-state index in [1.807, 2.05) is 45.8 Å². The predicted molar refractivity (Wildman–Crippen MR) is 114 cm³/mol. The van der Waals surface area contributed by atoms with Crippen LogP contribution in [0.25, 0.3) is 0 Å². The number of hydrogen-bond donors (Lipinski definition) is 0. The molecule has 0 N–H and O–H groups in total. The van der Waals surface area contributed by atoms with Crippen molar-refractivity contribution in [3.8, 4) is 5.75 Å². The van der Waals surface area contributed by atoms with Gasteiger partial charge >= 0.3 is 0 Å². The second-order valence-corrected chi connectivity index (χ2v) is 9.13. The smallest absolute Gasteiger partial charge is 0.255 e. The van der Waals surface area contributed by atoms with E-state index in [-0.39, 0.29) is 16.7 Å². The van der Waals surface area contributed by atoms with Crippen LogP contribution in [-0.4, -0.2) is 59.0 Å². The second kappa shape index (κ2) is 9.68. The number of carbonyl (C=O) groups is 2. The average molecular weight is 405 g/mol. The summed E-state index contributed by atoms with van der Waals surface area (Å²) in [6.45, 7) is 4.47. The summed E-state index contributed by atoms with van der Waals surface area (Å²) in [5.41, 5.74) is 0.706. The first-order chi connectivity index (χ1) is 13.6. The Hall–Kier alpha value is -1.69. The summed E-state index contributed by atoms with van der Waals surface area (Å²) in [6.07, 6.45) is 6.91. The largest absolute Gasteiger partial charge is 0.497 e. The maximum atomic E-state index is 13.1. The number of nitrogens with zero attached hydrogens (tertiary/aromatic N) is 2. The number of thioether (sulfide) groups is 1. The molecule has 2 saturated heterocycles. The van der Waals surface area contributed by atoms with Gasteiger partial charge in [0.2, 0.25) is 5.91 Å². The Morgan fingerprint density at radius 2 is 1.79 bits per heavy atom. The number of ether oxygens (including phenoxy) is 1. The van der Waals surface area contributed by atoms with Crippen LogP contribution in [0.5, 0.6) is 5.75 Å². The van der Waals surface area contributed by atoms with Gasteiger partial charge in [0.1, 0.15) is 5.75 Å². The van der Waals surface area contributed by atoms with E-state index >= 15 is 0 Å². The second-order valence-electron chi connectivity index (χ2n) is 7.67. The molecule has 1 spiro atoms. The van der Waals surface area contributed by atoms with Crippen LogP contribution in [0.1, 0.15) is 62.2 Å². The molecular weight excluding hydrogens is 372 g/mol. The Kier molecular flexibility index (Phi) is 7.27. The minimum Gasteiger partial charge on any atom is -0.497 e. The van der Waals surface area contributed by atoms with Gasteiger partial charge in [0.15, 0.2) is 0 Å². The summed E-state index contributed by atoms with van der Waals surface area (Å²) >= 11 is 1.89. The molecule has 2 fully saturated rings. The molecule has 6 heteroatoms. The van der Waals surface area contributed by atoms with Gasteiger partial charge in [-0.3, -0.25) is 9.59 Å². The zero-order chi connectivity index (χ0) is 20.0. The fraction of sp³-hybridized carbons (Fsp3) is 0.636. The molecule has 2 aliphatic heterocycles. The highest BCUT2D eigenvalue weighted by Crippen LogP contribution is 2.44. The molecule has 5 nitrogen and oxygen atoms in total. The van der Waals surface area contributed by atoms with E-state index < -0.39 is 0 Å². The number of carbonyl (C=O) groups excluding carboxylic acids is 2. The monoisotopic (exact) mass is 404 g/mol. The van der Waals surface area contributed by atoms with Crippen molar-refractivity contribution in [1.82, 2.24) is 9.80 Å². The summed E-state index contributed by atoms with van der Waals surface area (Å²) in [5.74, 6) is 2.09. The lowest BCUT2D eigenvalue weighted by atomic mass is 10.00. The van der Waals surface area contributed by atoms with Crippen molar-refractivity contribution in [2.24, 2.45) is 0 Å². The molecule has 2 amide bonds. The average Bonchev–Trinajstić information content (AvgIpc) is 3.14. The minimum absolute atomic E-state index is 0.0898. The number of amides is 2. The third kappa shape index (κ3) is 4.65. The third-order valence-electron chi connectivity index (χ3n) is 5.90. The van der Waals surface area contributed by atoms with Crippen LogP contribution < -0.4 is 4.74 Å². The first kappa shape index (κ1) is 21.0. The quantitative estimate of drug-likeness (QED) is 0.640. The number of likely N-dealkylation sites (tertiary alicyclic amines) is 1. The van der Waals surface area contributed by atoms with Crippen molar-refractivity contribution in [2.75, 3.05) is 32.5 Å². The standard InChI is InChI=1S/C22H32N2O3S/c1-3-4-5-6-7-20(25)23-14-12-22(13-15-23)24(16-17-28-22)21(26)18-8-10-19(27-2)11-9-18/h8-11H,3-7,12-17H2,1-2H3. The van der Waals surface area contributed by atoms with Crippen molar-refractivity contribution in [1.29, 1.82) is 0 Å². The van der Waals surface area contributed by atoms with Gasteiger partial charge in [-0.1, -0.05) is 26.2 Å². The molecule has 2 heterocycles. The van der Waals surface area contributed by atoms with E-state index in [9.17, 15) is 9.59 Å². The van der Waals surface area contributed by atoms with Crippen LogP contribution in [0.3, 0.4) is 0 Å². The van der Waals surface area contributed by atoms with E-state index in [1.165, 1.54) is 12.8 Å². The number of rotatable bonds is 7. The highest BCUT2D eigenvalue weighted by Gasteiger charge is 2.46. The van der Waals surface area contributed by atoms with Crippen molar-refractivity contribution >= 4 is 23.6 Å². The first-order valence-electron chi connectivity index (χ1n) is 10.5. The topological polar surface area (TPSA) is 49.9 Å². The molecule has 3 rings (SSSR count). The fourth-order valence-corrected chi connectivity index (χ4v) is 5.62. The van der Waals surface area contributed by atoms with Gasteiger partial charge in [0.05, 0.1) is 12.0 Å². The Labute approximate surface area is 172 Å². The SMILES string of the molecule is CCCCCCC(=O)N1CCC2(CC1)SCCN2C(=O)c1ccc(OC)cc1. The molecule has 0 atom stereocenters. The lowest BCUT2D eigenvalue weighted by Gasteiger charge is -2.44. The highest BCUT2D eigenvalue weighted by atomic mass is 32.2. The summed E-state index contributed by atoms with van der Waals surface area (Å²) in [6, 6.07) is 7.35. The Morgan fingerprint density at radius 3 is 2.43 bits per heavy atom. The lowest BCUT2D eigenvalue weighted by Crippen LogP contribution is -2.53. The van der Waals surface area contributed by atoms with E-state index in [0.717, 1.165) is 56.8 Å². The Balaban J connectivity index is 1.58. The molecule has 0 radical (unpaired) electrons. The Morgan fingerprint density at radius 1 is 1.07 bits per heavy atom. The summed E-state index contributed by atoms with van der Waals surface area (Å²) in [5, 5.41) is 0. The highest BCUT2D eigenvalue weighted by molar-refractivity contribution is 8.00. The van der Waals surface area contributed by atoms with Crippen LogP contribution in [0.4, 0.5) is 0 Å².